The molecule has 2 aliphatic carbocycles. The molecule has 190 valence electrons. The van der Waals surface area contributed by atoms with Gasteiger partial charge in [-0.15, -0.1) is 0 Å². The van der Waals surface area contributed by atoms with E-state index in [0.29, 0.717) is 17.9 Å². The average Bonchev–Trinajstić information content (AvgIpc) is 3.63. The molecule has 0 radical (unpaired) electrons. The van der Waals surface area contributed by atoms with Gasteiger partial charge in [0.1, 0.15) is 0 Å². The third-order valence-electron chi connectivity index (χ3n) is 8.35. The number of hydrogen-bond acceptors (Lipinski definition) is 5. The molecule has 1 N–H and O–H groups in total. The molecule has 2 aliphatic rings. The molecule has 2 aromatic carbocycles. The van der Waals surface area contributed by atoms with E-state index in [1.807, 2.05) is 48.9 Å². The Morgan fingerprint density at radius 3 is 2.53 bits per heavy atom. The van der Waals surface area contributed by atoms with Crippen molar-refractivity contribution in [3.8, 4) is 11.1 Å². The highest BCUT2D eigenvalue weighted by molar-refractivity contribution is 5.95. The number of benzene rings is 2. The minimum absolute atomic E-state index is 0.0555. The van der Waals surface area contributed by atoms with Crippen molar-refractivity contribution in [1.82, 2.24) is 24.7 Å². The van der Waals surface area contributed by atoms with Crippen molar-refractivity contribution in [3.05, 3.63) is 96.2 Å². The smallest absolute Gasteiger partial charge is 0.251 e. The highest BCUT2D eigenvalue weighted by Gasteiger charge is 2.48. The van der Waals surface area contributed by atoms with Crippen LogP contribution in [-0.2, 0) is 10.2 Å². The van der Waals surface area contributed by atoms with Crippen LogP contribution >= 0.6 is 0 Å². The van der Waals surface area contributed by atoms with Crippen LogP contribution in [0, 0.1) is 0 Å². The van der Waals surface area contributed by atoms with Gasteiger partial charge >= 0.3 is 0 Å². The third-order valence-corrected chi connectivity index (χ3v) is 8.35. The Bertz CT molecular complexity index is 1670. The van der Waals surface area contributed by atoms with Crippen LogP contribution in [0.4, 0.5) is 0 Å². The lowest BCUT2D eigenvalue weighted by Crippen LogP contribution is -2.56. The van der Waals surface area contributed by atoms with Crippen molar-refractivity contribution < 1.29 is 9.53 Å². The number of ether oxygens (including phenoxy) is 1. The Kier molecular flexibility index (Phi) is 5.30. The predicted octanol–water partition coefficient (Wildman–Crippen LogP) is 5.32. The maximum atomic E-state index is 12.9. The summed E-state index contributed by atoms with van der Waals surface area (Å²) in [7, 11) is 1.68. The summed E-state index contributed by atoms with van der Waals surface area (Å²) >= 11 is 0. The fourth-order valence-corrected chi connectivity index (χ4v) is 5.88. The Morgan fingerprint density at radius 2 is 1.79 bits per heavy atom. The quantitative estimate of drug-likeness (QED) is 0.325. The number of hydrogen-bond donors (Lipinski definition) is 1. The highest BCUT2D eigenvalue weighted by Crippen LogP contribution is 2.53. The first kappa shape index (κ1) is 23.0. The minimum Gasteiger partial charge on any atom is -0.382 e. The molecule has 0 spiro atoms. The molecule has 5 aromatic rings. The molecular weight excluding hydrogens is 474 g/mol. The number of pyridine rings is 1. The average molecular weight is 504 g/mol. The lowest BCUT2D eigenvalue weighted by molar-refractivity contribution is 0.0477. The van der Waals surface area contributed by atoms with E-state index in [2.05, 4.69) is 55.1 Å². The molecule has 0 atom stereocenters. The van der Waals surface area contributed by atoms with Crippen LogP contribution in [0.25, 0.3) is 27.8 Å². The van der Waals surface area contributed by atoms with Gasteiger partial charge in [-0.3, -0.25) is 14.2 Å². The summed E-state index contributed by atoms with van der Waals surface area (Å²) in [6.45, 7) is 0.549. The number of nitrogens with zero attached hydrogens (tertiary/aromatic N) is 4. The van der Waals surface area contributed by atoms with Crippen LogP contribution in [0.1, 0.15) is 53.7 Å². The van der Waals surface area contributed by atoms with E-state index < -0.39 is 0 Å². The standard InChI is InChI=1S/C31H29N5O2/c1-38-20-30(11-3-12-30)35-28(37)22-7-5-21(6-8-22)24-17-33-29-34-18-27(36(29)19-24)31(13-14-31)25-9-10-26-23(16-25)4-2-15-32-26/h2,4-10,15-19H,3,11-14,20H2,1H3,(H,35,37). The molecule has 2 saturated carbocycles. The van der Waals surface area contributed by atoms with Gasteiger partial charge in [0.05, 0.1) is 29.6 Å². The van der Waals surface area contributed by atoms with Gasteiger partial charge in [0, 0.05) is 47.6 Å². The van der Waals surface area contributed by atoms with Crippen molar-refractivity contribution in [2.24, 2.45) is 0 Å². The number of carbonyl (C=O) groups excluding carboxylic acids is 1. The zero-order chi connectivity index (χ0) is 25.7. The largest absolute Gasteiger partial charge is 0.382 e. The number of aromatic nitrogens is 4. The summed E-state index contributed by atoms with van der Waals surface area (Å²) < 4.78 is 7.47. The fourth-order valence-electron chi connectivity index (χ4n) is 5.88. The Morgan fingerprint density at radius 1 is 0.974 bits per heavy atom. The van der Waals surface area contributed by atoms with Crippen molar-refractivity contribution in [2.75, 3.05) is 13.7 Å². The zero-order valence-corrected chi connectivity index (χ0v) is 21.4. The summed E-state index contributed by atoms with van der Waals surface area (Å²) in [4.78, 5) is 26.7. The van der Waals surface area contributed by atoms with Gasteiger partial charge in [-0.25, -0.2) is 9.97 Å². The Hall–Kier alpha value is -4.10. The Labute approximate surface area is 220 Å². The third kappa shape index (κ3) is 3.77. The van der Waals surface area contributed by atoms with Crippen LogP contribution in [-0.4, -0.2) is 44.5 Å². The molecule has 1 amide bonds. The molecule has 0 bridgehead atoms. The molecule has 2 fully saturated rings. The maximum Gasteiger partial charge on any atom is 0.251 e. The van der Waals surface area contributed by atoms with Crippen LogP contribution in [0.3, 0.4) is 0 Å². The van der Waals surface area contributed by atoms with Crippen LogP contribution < -0.4 is 5.32 Å². The van der Waals surface area contributed by atoms with E-state index in [1.165, 1.54) is 5.56 Å². The van der Waals surface area contributed by atoms with E-state index >= 15 is 0 Å². The summed E-state index contributed by atoms with van der Waals surface area (Å²) in [6.07, 6.45) is 13.0. The molecule has 0 unspecified atom stereocenters. The second-order valence-electron chi connectivity index (χ2n) is 10.7. The molecular formula is C31H29N5O2. The molecule has 7 rings (SSSR count). The number of imidazole rings is 1. The van der Waals surface area contributed by atoms with Crippen LogP contribution in [0.5, 0.6) is 0 Å². The second kappa shape index (κ2) is 8.74. The molecule has 7 nitrogen and oxygen atoms in total. The highest BCUT2D eigenvalue weighted by atomic mass is 16.5. The summed E-state index contributed by atoms with van der Waals surface area (Å²) in [5.41, 5.74) is 5.81. The van der Waals surface area contributed by atoms with Crippen molar-refractivity contribution in [1.29, 1.82) is 0 Å². The Balaban J connectivity index is 1.18. The second-order valence-corrected chi connectivity index (χ2v) is 10.7. The molecule has 0 aliphatic heterocycles. The van der Waals surface area contributed by atoms with Crippen molar-refractivity contribution in [3.63, 3.8) is 0 Å². The summed E-state index contributed by atoms with van der Waals surface area (Å²) in [6, 6.07) is 18.4. The van der Waals surface area contributed by atoms with E-state index in [-0.39, 0.29) is 16.9 Å². The van der Waals surface area contributed by atoms with Gasteiger partial charge in [-0.05, 0) is 73.6 Å². The number of nitrogens with one attached hydrogen (secondary N) is 1. The van der Waals surface area contributed by atoms with Crippen molar-refractivity contribution in [2.45, 2.75) is 43.1 Å². The monoisotopic (exact) mass is 503 g/mol. The van der Waals surface area contributed by atoms with E-state index in [0.717, 1.165) is 59.8 Å². The first-order valence-corrected chi connectivity index (χ1v) is 13.2. The lowest BCUT2D eigenvalue weighted by atomic mass is 9.77. The van der Waals surface area contributed by atoms with Gasteiger partial charge in [-0.2, -0.15) is 0 Å². The minimum atomic E-state index is -0.225. The number of fused-ring (bicyclic) bond motifs is 2. The lowest BCUT2D eigenvalue weighted by Gasteiger charge is -2.41. The summed E-state index contributed by atoms with van der Waals surface area (Å²) in [5, 5.41) is 4.34. The number of rotatable bonds is 7. The maximum absolute atomic E-state index is 12.9. The van der Waals surface area contributed by atoms with Crippen LogP contribution in [0.2, 0.25) is 0 Å². The van der Waals surface area contributed by atoms with E-state index in [4.69, 9.17) is 4.74 Å². The van der Waals surface area contributed by atoms with Gasteiger partial charge < -0.3 is 10.1 Å². The van der Waals surface area contributed by atoms with Crippen LogP contribution in [0.15, 0.2) is 79.4 Å². The molecule has 38 heavy (non-hydrogen) atoms. The van der Waals surface area contributed by atoms with Gasteiger partial charge in [0.15, 0.2) is 0 Å². The topological polar surface area (TPSA) is 81.4 Å². The zero-order valence-electron chi connectivity index (χ0n) is 21.4. The van der Waals surface area contributed by atoms with E-state index in [9.17, 15) is 4.79 Å². The fraction of sp³-hybridized carbons (Fsp3) is 0.290. The normalized spacial score (nSPS) is 17.3. The predicted molar refractivity (Wildman–Crippen MR) is 146 cm³/mol. The number of carbonyl (C=O) groups is 1. The molecule has 3 aromatic heterocycles. The van der Waals surface area contributed by atoms with Gasteiger partial charge in [0.2, 0.25) is 5.78 Å². The molecule has 7 heteroatoms. The molecule has 0 saturated heterocycles. The first-order valence-electron chi connectivity index (χ1n) is 13.2. The number of methoxy groups -OCH3 is 1. The first-order chi connectivity index (χ1) is 18.6. The molecule has 3 heterocycles. The summed E-state index contributed by atoms with van der Waals surface area (Å²) in [5.74, 6) is 0.637. The van der Waals surface area contributed by atoms with E-state index in [1.54, 1.807) is 7.11 Å². The van der Waals surface area contributed by atoms with Gasteiger partial charge in [-0.1, -0.05) is 24.3 Å². The number of amides is 1. The SMILES string of the molecule is COCC1(NC(=O)c2ccc(-c3cnc4ncc(C5(c6ccc7ncccc7c6)CC5)n4c3)cc2)CCC1. The van der Waals surface area contributed by atoms with Crippen molar-refractivity contribution >= 4 is 22.6 Å². The van der Waals surface area contributed by atoms with Gasteiger partial charge in [0.25, 0.3) is 5.91 Å².